The molecule has 0 saturated carbocycles. The molecule has 0 spiro atoms. The maximum absolute atomic E-state index is 10.7. The minimum Gasteiger partial charge on any atom is -0.449 e. The lowest BCUT2D eigenvalue weighted by Crippen LogP contribution is -2.22. The van der Waals surface area contributed by atoms with Crippen molar-refractivity contribution in [3.05, 3.63) is 17.5 Å². The van der Waals surface area contributed by atoms with Gasteiger partial charge in [-0.1, -0.05) is 0 Å². The van der Waals surface area contributed by atoms with E-state index in [1.165, 1.54) is 6.92 Å². The van der Waals surface area contributed by atoms with Crippen molar-refractivity contribution in [1.82, 2.24) is 9.88 Å². The number of aryl methyl sites for hydroxylation is 1. The third kappa shape index (κ3) is 3.80. The SMILES string of the molecule is CC(=O)NCCCn1c(C)cc(OC(=O)O)c1C. The lowest BCUT2D eigenvalue weighted by molar-refractivity contribution is -0.118. The van der Waals surface area contributed by atoms with Gasteiger partial charge in [-0.15, -0.1) is 0 Å². The lowest BCUT2D eigenvalue weighted by Gasteiger charge is -2.09. The normalized spacial score (nSPS) is 10.2. The quantitative estimate of drug-likeness (QED) is 0.619. The van der Waals surface area contributed by atoms with Gasteiger partial charge in [0.1, 0.15) is 0 Å². The minimum atomic E-state index is -1.31. The Bertz CT molecular complexity index is 451. The van der Waals surface area contributed by atoms with Crippen molar-refractivity contribution >= 4 is 12.1 Å². The number of carboxylic acid groups (broad SMARTS) is 1. The average Bonchev–Trinajstić information content (AvgIpc) is 2.49. The maximum atomic E-state index is 10.7. The van der Waals surface area contributed by atoms with Gasteiger partial charge >= 0.3 is 6.16 Å². The first-order valence-electron chi connectivity index (χ1n) is 5.73. The molecule has 0 radical (unpaired) electrons. The predicted molar refractivity (Wildman–Crippen MR) is 65.9 cm³/mol. The molecule has 1 amide bonds. The second kappa shape index (κ2) is 6.09. The summed E-state index contributed by atoms with van der Waals surface area (Å²) in [7, 11) is 0. The van der Waals surface area contributed by atoms with Crippen LogP contribution in [0.2, 0.25) is 0 Å². The number of hydrogen-bond acceptors (Lipinski definition) is 3. The highest BCUT2D eigenvalue weighted by molar-refractivity contribution is 5.72. The maximum Gasteiger partial charge on any atom is 0.511 e. The second-order valence-corrected chi connectivity index (χ2v) is 4.09. The zero-order valence-corrected chi connectivity index (χ0v) is 10.8. The molecule has 0 bridgehead atoms. The van der Waals surface area contributed by atoms with Gasteiger partial charge in [0, 0.05) is 31.8 Å². The number of nitrogens with zero attached hydrogens (tertiary/aromatic N) is 1. The third-order valence-electron chi connectivity index (χ3n) is 2.66. The largest absolute Gasteiger partial charge is 0.511 e. The highest BCUT2D eigenvalue weighted by atomic mass is 16.7. The smallest absolute Gasteiger partial charge is 0.449 e. The monoisotopic (exact) mass is 254 g/mol. The van der Waals surface area contributed by atoms with Crippen LogP contribution in [0.1, 0.15) is 24.7 Å². The van der Waals surface area contributed by atoms with E-state index in [2.05, 4.69) is 10.1 Å². The molecule has 2 N–H and O–H groups in total. The van der Waals surface area contributed by atoms with E-state index in [0.717, 1.165) is 17.8 Å². The van der Waals surface area contributed by atoms with Gasteiger partial charge in [-0.25, -0.2) is 4.79 Å². The molecular weight excluding hydrogens is 236 g/mol. The summed E-state index contributed by atoms with van der Waals surface area (Å²) >= 11 is 0. The fourth-order valence-corrected chi connectivity index (χ4v) is 1.81. The van der Waals surface area contributed by atoms with Crippen LogP contribution in [0, 0.1) is 13.8 Å². The molecule has 0 unspecified atom stereocenters. The molecule has 0 aliphatic rings. The van der Waals surface area contributed by atoms with Crippen molar-refractivity contribution < 1.29 is 19.4 Å². The summed E-state index contributed by atoms with van der Waals surface area (Å²) in [6, 6.07) is 1.70. The Labute approximate surface area is 106 Å². The molecule has 0 fully saturated rings. The van der Waals surface area contributed by atoms with Crippen molar-refractivity contribution in [2.75, 3.05) is 6.54 Å². The van der Waals surface area contributed by atoms with E-state index in [4.69, 9.17) is 5.11 Å². The van der Waals surface area contributed by atoms with E-state index >= 15 is 0 Å². The summed E-state index contributed by atoms with van der Waals surface area (Å²) in [5.41, 5.74) is 1.71. The molecule has 0 aliphatic carbocycles. The zero-order valence-electron chi connectivity index (χ0n) is 10.8. The molecule has 1 rings (SSSR count). The van der Waals surface area contributed by atoms with Crippen molar-refractivity contribution in [2.45, 2.75) is 33.7 Å². The van der Waals surface area contributed by atoms with Crippen LogP contribution in [-0.2, 0) is 11.3 Å². The van der Waals surface area contributed by atoms with Gasteiger partial charge in [0.2, 0.25) is 5.91 Å². The Hall–Kier alpha value is -1.98. The van der Waals surface area contributed by atoms with E-state index in [-0.39, 0.29) is 5.91 Å². The molecule has 0 aliphatic heterocycles. The molecule has 0 saturated heterocycles. The number of rotatable bonds is 5. The average molecular weight is 254 g/mol. The standard InChI is InChI=1S/C12H18N2O4/c1-8-7-11(18-12(16)17)9(2)14(8)6-4-5-13-10(3)15/h7H,4-6H2,1-3H3,(H,13,15)(H,16,17). The van der Waals surface area contributed by atoms with E-state index in [1.54, 1.807) is 6.07 Å². The molecule has 6 nitrogen and oxygen atoms in total. The molecule has 0 atom stereocenters. The van der Waals surface area contributed by atoms with Crippen LogP contribution < -0.4 is 10.1 Å². The Morgan fingerprint density at radius 2 is 2.11 bits per heavy atom. The van der Waals surface area contributed by atoms with Gasteiger partial charge in [0.05, 0.1) is 5.69 Å². The summed E-state index contributed by atoms with van der Waals surface area (Å²) in [6.07, 6.45) is -0.531. The highest BCUT2D eigenvalue weighted by Crippen LogP contribution is 2.23. The third-order valence-corrected chi connectivity index (χ3v) is 2.66. The molecule has 6 heteroatoms. The first kappa shape index (κ1) is 14.1. The number of nitrogens with one attached hydrogen (secondary N) is 1. The zero-order chi connectivity index (χ0) is 13.7. The van der Waals surface area contributed by atoms with E-state index in [0.29, 0.717) is 18.8 Å². The van der Waals surface area contributed by atoms with Crippen LogP contribution >= 0.6 is 0 Å². The summed E-state index contributed by atoms with van der Waals surface area (Å²) in [5, 5.41) is 11.3. The van der Waals surface area contributed by atoms with Crippen LogP contribution in [0.4, 0.5) is 4.79 Å². The number of aromatic nitrogens is 1. The van der Waals surface area contributed by atoms with Crippen LogP contribution in [0.5, 0.6) is 5.75 Å². The second-order valence-electron chi connectivity index (χ2n) is 4.09. The first-order valence-corrected chi connectivity index (χ1v) is 5.73. The number of hydrogen-bond donors (Lipinski definition) is 2. The Morgan fingerprint density at radius 1 is 1.44 bits per heavy atom. The van der Waals surface area contributed by atoms with Gasteiger partial charge in [-0.2, -0.15) is 0 Å². The molecule has 1 heterocycles. The van der Waals surface area contributed by atoms with Gasteiger partial charge in [0.25, 0.3) is 0 Å². The molecular formula is C12H18N2O4. The van der Waals surface area contributed by atoms with E-state index < -0.39 is 6.16 Å². The van der Waals surface area contributed by atoms with Gasteiger partial charge < -0.3 is 19.7 Å². The Balaban J connectivity index is 2.62. The van der Waals surface area contributed by atoms with Gasteiger partial charge in [-0.3, -0.25) is 4.79 Å². The first-order chi connectivity index (χ1) is 8.41. The van der Waals surface area contributed by atoms with E-state index in [9.17, 15) is 9.59 Å². The Morgan fingerprint density at radius 3 is 2.67 bits per heavy atom. The van der Waals surface area contributed by atoms with Crippen molar-refractivity contribution in [2.24, 2.45) is 0 Å². The number of carbonyl (C=O) groups is 2. The number of carbonyl (C=O) groups excluding carboxylic acids is 1. The number of amides is 1. The molecule has 1 aromatic heterocycles. The van der Waals surface area contributed by atoms with Crippen LogP contribution in [0.15, 0.2) is 6.07 Å². The van der Waals surface area contributed by atoms with Crippen LogP contribution in [0.25, 0.3) is 0 Å². The van der Waals surface area contributed by atoms with Crippen molar-refractivity contribution in [3.8, 4) is 5.75 Å². The molecule has 1 aromatic rings. The van der Waals surface area contributed by atoms with Crippen LogP contribution in [-0.4, -0.2) is 28.3 Å². The fraction of sp³-hybridized carbons (Fsp3) is 0.500. The number of ether oxygens (including phenoxy) is 1. The molecule has 100 valence electrons. The summed E-state index contributed by atoms with van der Waals surface area (Å²) in [5.74, 6) is 0.311. The van der Waals surface area contributed by atoms with Crippen LogP contribution in [0.3, 0.4) is 0 Å². The van der Waals surface area contributed by atoms with Crippen molar-refractivity contribution in [3.63, 3.8) is 0 Å². The van der Waals surface area contributed by atoms with Gasteiger partial charge in [0.15, 0.2) is 5.75 Å². The molecule has 18 heavy (non-hydrogen) atoms. The summed E-state index contributed by atoms with van der Waals surface area (Å²) in [6.45, 7) is 6.48. The van der Waals surface area contributed by atoms with Gasteiger partial charge in [-0.05, 0) is 20.3 Å². The van der Waals surface area contributed by atoms with E-state index in [1.807, 2.05) is 18.4 Å². The lowest BCUT2D eigenvalue weighted by atomic mass is 10.4. The predicted octanol–water partition coefficient (Wildman–Crippen LogP) is 1.69. The fourth-order valence-electron chi connectivity index (χ4n) is 1.81. The van der Waals surface area contributed by atoms with Crippen molar-refractivity contribution in [1.29, 1.82) is 0 Å². The topological polar surface area (TPSA) is 80.6 Å². The summed E-state index contributed by atoms with van der Waals surface area (Å²) < 4.78 is 6.65. The molecule has 0 aromatic carbocycles. The summed E-state index contributed by atoms with van der Waals surface area (Å²) in [4.78, 5) is 21.2. The minimum absolute atomic E-state index is 0.0501. The Kier molecular flexibility index (Phi) is 4.76. The highest BCUT2D eigenvalue weighted by Gasteiger charge is 2.12.